The molecule has 0 aliphatic rings. The average Bonchev–Trinajstić information content (AvgIpc) is 2.98. The Bertz CT molecular complexity index is 1090. The first kappa shape index (κ1) is 14.3. The van der Waals surface area contributed by atoms with Crippen LogP contribution in [0.2, 0.25) is 0 Å². The van der Waals surface area contributed by atoms with Gasteiger partial charge in [-0.05, 0) is 42.5 Å². The lowest BCUT2D eigenvalue weighted by Gasteiger charge is -2.02. The second-order valence-corrected chi connectivity index (χ2v) is 5.56. The number of fused-ring (bicyclic) bond motifs is 1. The van der Waals surface area contributed by atoms with Crippen LogP contribution in [-0.4, -0.2) is 14.9 Å². The summed E-state index contributed by atoms with van der Waals surface area (Å²) >= 11 is 0. The van der Waals surface area contributed by atoms with Gasteiger partial charge >= 0.3 is 0 Å². The Morgan fingerprint density at radius 3 is 2.62 bits per heavy atom. The fourth-order valence-corrected chi connectivity index (χ4v) is 2.75. The third kappa shape index (κ3) is 2.27. The topological polar surface area (TPSA) is 68.3 Å². The molecular weight excluding hydrogens is 304 g/mol. The Morgan fingerprint density at radius 1 is 1.08 bits per heavy atom. The average molecular weight is 318 g/mol. The highest BCUT2D eigenvalue weighted by Gasteiger charge is 2.14. The van der Waals surface area contributed by atoms with E-state index in [4.69, 9.17) is 4.42 Å². The molecule has 4 rings (SSSR count). The Balaban J connectivity index is 1.87. The molecule has 0 spiro atoms. The van der Waals surface area contributed by atoms with Crippen LogP contribution in [0.15, 0.2) is 70.1 Å². The van der Waals surface area contributed by atoms with E-state index in [0.717, 1.165) is 11.3 Å². The highest BCUT2D eigenvalue weighted by atomic mass is 16.3. The van der Waals surface area contributed by atoms with Gasteiger partial charge in [0.15, 0.2) is 0 Å². The summed E-state index contributed by atoms with van der Waals surface area (Å²) in [5.41, 5.74) is 3.20. The van der Waals surface area contributed by atoms with Crippen molar-refractivity contribution in [3.63, 3.8) is 0 Å². The maximum Gasteiger partial charge on any atom is 0.202 e. The van der Waals surface area contributed by atoms with Crippen LogP contribution in [0, 0.1) is 0 Å². The smallest absolute Gasteiger partial charge is 0.202 e. The normalized spacial score (nSPS) is 11.0. The van der Waals surface area contributed by atoms with Gasteiger partial charge in [-0.1, -0.05) is 12.1 Å². The summed E-state index contributed by atoms with van der Waals surface area (Å²) in [5.74, 6) is 0.199. The van der Waals surface area contributed by atoms with E-state index in [2.05, 4.69) is 5.10 Å². The number of benzene rings is 2. The van der Waals surface area contributed by atoms with Gasteiger partial charge in [0, 0.05) is 12.6 Å². The largest absolute Gasteiger partial charge is 0.508 e. The van der Waals surface area contributed by atoms with Crippen molar-refractivity contribution in [2.75, 3.05) is 0 Å². The third-order valence-corrected chi connectivity index (χ3v) is 4.00. The third-order valence-electron chi connectivity index (χ3n) is 4.00. The van der Waals surface area contributed by atoms with Gasteiger partial charge in [-0.25, -0.2) is 0 Å². The van der Waals surface area contributed by atoms with Crippen LogP contribution < -0.4 is 5.43 Å². The van der Waals surface area contributed by atoms with Crippen LogP contribution in [0.3, 0.4) is 0 Å². The summed E-state index contributed by atoms with van der Waals surface area (Å²) in [7, 11) is 1.79. The summed E-state index contributed by atoms with van der Waals surface area (Å²) in [5, 5.41) is 14.4. The number of aryl methyl sites for hydroxylation is 1. The number of aromatic nitrogens is 2. The van der Waals surface area contributed by atoms with Gasteiger partial charge in [0.05, 0.1) is 22.3 Å². The van der Waals surface area contributed by atoms with Gasteiger partial charge in [-0.15, -0.1) is 0 Å². The minimum absolute atomic E-state index is 0.0860. The molecule has 0 saturated carbocycles. The predicted molar refractivity (Wildman–Crippen MR) is 91.8 cm³/mol. The Morgan fingerprint density at radius 2 is 1.83 bits per heavy atom. The van der Waals surface area contributed by atoms with E-state index >= 15 is 0 Å². The molecule has 2 aromatic carbocycles. The minimum Gasteiger partial charge on any atom is -0.508 e. The number of aromatic hydroxyl groups is 1. The van der Waals surface area contributed by atoms with Crippen molar-refractivity contribution < 1.29 is 9.52 Å². The lowest BCUT2D eigenvalue weighted by Crippen LogP contribution is -2.07. The molecule has 0 aliphatic heterocycles. The van der Waals surface area contributed by atoms with Crippen LogP contribution in [-0.2, 0) is 7.05 Å². The summed E-state index contributed by atoms with van der Waals surface area (Å²) in [6.45, 7) is 0. The zero-order valence-corrected chi connectivity index (χ0v) is 12.9. The highest BCUT2D eigenvalue weighted by molar-refractivity contribution is 5.81. The Hall–Kier alpha value is -3.34. The van der Waals surface area contributed by atoms with Crippen LogP contribution >= 0.6 is 0 Å². The molecule has 118 valence electrons. The summed E-state index contributed by atoms with van der Waals surface area (Å²) in [6, 6.07) is 15.8. The number of nitrogens with zero attached hydrogens (tertiary/aromatic N) is 2. The molecule has 0 atom stereocenters. The first-order valence-electron chi connectivity index (χ1n) is 7.48. The van der Waals surface area contributed by atoms with E-state index in [1.54, 1.807) is 48.1 Å². The minimum atomic E-state index is -0.0860. The van der Waals surface area contributed by atoms with E-state index < -0.39 is 0 Å². The second-order valence-electron chi connectivity index (χ2n) is 5.56. The number of phenolic OH excluding ortho intramolecular Hbond substituents is 1. The van der Waals surface area contributed by atoms with Gasteiger partial charge in [-0.3, -0.25) is 9.48 Å². The van der Waals surface area contributed by atoms with Crippen molar-refractivity contribution in [1.82, 2.24) is 9.78 Å². The fraction of sp³-hybridized carbons (Fsp3) is 0.0526. The van der Waals surface area contributed by atoms with Crippen LogP contribution in [0.25, 0.3) is 33.5 Å². The summed E-state index contributed by atoms with van der Waals surface area (Å²) in [4.78, 5) is 12.7. The van der Waals surface area contributed by atoms with E-state index in [9.17, 15) is 9.90 Å². The first-order chi connectivity index (χ1) is 11.6. The number of rotatable bonds is 2. The van der Waals surface area contributed by atoms with E-state index in [1.165, 1.54) is 6.26 Å². The molecule has 4 aromatic rings. The molecule has 2 aromatic heterocycles. The number of phenols is 1. The van der Waals surface area contributed by atoms with E-state index in [-0.39, 0.29) is 11.2 Å². The monoisotopic (exact) mass is 318 g/mol. The van der Waals surface area contributed by atoms with Crippen LogP contribution in [0.4, 0.5) is 0 Å². The number of para-hydroxylation sites is 1. The predicted octanol–water partition coefficient (Wildman–Crippen LogP) is 3.57. The van der Waals surface area contributed by atoms with Gasteiger partial charge in [0.25, 0.3) is 0 Å². The molecule has 0 aliphatic carbocycles. The van der Waals surface area contributed by atoms with Gasteiger partial charge in [-0.2, -0.15) is 5.10 Å². The quantitative estimate of drug-likeness (QED) is 0.613. The SMILES string of the molecule is Cn1nc(-c2ccc(O)cc2)cc1-c1coc2ccccc2c1=O. The standard InChI is InChI=1S/C19H14N2O3/c1-21-17(10-16(20-21)12-6-8-13(22)9-7-12)15-11-24-18-5-3-2-4-14(18)19(15)23/h2-11,22H,1H3. The van der Waals surface area contributed by atoms with Crippen molar-refractivity contribution in [2.24, 2.45) is 7.05 Å². The molecule has 0 amide bonds. The molecule has 0 bridgehead atoms. The summed E-state index contributed by atoms with van der Waals surface area (Å²) in [6.07, 6.45) is 1.47. The molecular formula is C19H14N2O3. The summed E-state index contributed by atoms with van der Waals surface area (Å²) < 4.78 is 7.25. The second kappa shape index (κ2) is 5.38. The lowest BCUT2D eigenvalue weighted by molar-refractivity contribution is 0.475. The molecule has 0 fully saturated rings. The van der Waals surface area contributed by atoms with E-state index in [0.29, 0.717) is 22.2 Å². The van der Waals surface area contributed by atoms with Crippen LogP contribution in [0.1, 0.15) is 0 Å². The molecule has 1 N–H and O–H groups in total. The number of hydrogen-bond acceptors (Lipinski definition) is 4. The lowest BCUT2D eigenvalue weighted by atomic mass is 10.1. The molecule has 0 unspecified atom stereocenters. The van der Waals surface area contributed by atoms with Crippen molar-refractivity contribution in [3.8, 4) is 28.3 Å². The van der Waals surface area contributed by atoms with Crippen molar-refractivity contribution >= 4 is 11.0 Å². The fourth-order valence-electron chi connectivity index (χ4n) is 2.75. The number of hydrogen-bond donors (Lipinski definition) is 1. The Kier molecular flexibility index (Phi) is 3.20. The van der Waals surface area contributed by atoms with Gasteiger partial charge in [0.1, 0.15) is 17.6 Å². The highest BCUT2D eigenvalue weighted by Crippen LogP contribution is 2.26. The van der Waals surface area contributed by atoms with E-state index in [1.807, 2.05) is 18.2 Å². The molecule has 0 saturated heterocycles. The molecule has 24 heavy (non-hydrogen) atoms. The van der Waals surface area contributed by atoms with Crippen molar-refractivity contribution in [3.05, 3.63) is 71.1 Å². The van der Waals surface area contributed by atoms with Gasteiger partial charge in [0.2, 0.25) is 5.43 Å². The maximum absolute atomic E-state index is 12.7. The molecule has 0 radical (unpaired) electrons. The molecule has 5 heteroatoms. The molecule has 2 heterocycles. The first-order valence-corrected chi connectivity index (χ1v) is 7.48. The van der Waals surface area contributed by atoms with Crippen LogP contribution in [0.5, 0.6) is 5.75 Å². The zero-order chi connectivity index (χ0) is 16.7. The zero-order valence-electron chi connectivity index (χ0n) is 12.9. The maximum atomic E-state index is 12.7. The van der Waals surface area contributed by atoms with Crippen molar-refractivity contribution in [2.45, 2.75) is 0 Å². The van der Waals surface area contributed by atoms with Gasteiger partial charge < -0.3 is 9.52 Å². The van der Waals surface area contributed by atoms with Crippen molar-refractivity contribution in [1.29, 1.82) is 0 Å². The molecule has 5 nitrogen and oxygen atoms in total. The Labute approximate surface area is 137 Å².